The molecule has 3 nitrogen and oxygen atoms in total. The minimum Gasteiger partial charge on any atom is -0.352 e. The van der Waals surface area contributed by atoms with E-state index in [0.717, 1.165) is 36.2 Å². The van der Waals surface area contributed by atoms with Crippen LogP contribution in [0.25, 0.3) is 0 Å². The molecule has 170 valence electrons. The van der Waals surface area contributed by atoms with E-state index in [0.29, 0.717) is 18.8 Å². The van der Waals surface area contributed by atoms with Crippen molar-refractivity contribution in [2.24, 2.45) is 5.92 Å². The minimum absolute atomic E-state index is 0.0978. The average Bonchev–Trinajstić information content (AvgIpc) is 2.82. The molecule has 3 aromatic carbocycles. The Kier molecular flexibility index (Phi) is 6.54. The van der Waals surface area contributed by atoms with Gasteiger partial charge in [0.15, 0.2) is 0 Å². The molecular formula is C27H25F3N2O. The SMILES string of the molecule is C=CC(=O)NCC1Cc2c(Cc3ccccc3)cccc2N(c2ccc(C(F)(F)F)cc2)C1. The lowest BCUT2D eigenvalue weighted by Crippen LogP contribution is -2.39. The number of hydrogen-bond donors (Lipinski definition) is 1. The summed E-state index contributed by atoms with van der Waals surface area (Å²) < 4.78 is 39.2. The van der Waals surface area contributed by atoms with Crippen molar-refractivity contribution in [3.8, 4) is 0 Å². The Balaban J connectivity index is 1.70. The first-order valence-electron chi connectivity index (χ1n) is 10.8. The maximum absolute atomic E-state index is 13.1. The molecule has 0 spiro atoms. The Morgan fingerprint density at radius 1 is 1.03 bits per heavy atom. The van der Waals surface area contributed by atoms with Crippen molar-refractivity contribution in [2.45, 2.75) is 19.0 Å². The van der Waals surface area contributed by atoms with Crippen LogP contribution in [0.5, 0.6) is 0 Å². The van der Waals surface area contributed by atoms with Gasteiger partial charge in [-0.15, -0.1) is 0 Å². The van der Waals surface area contributed by atoms with Crippen molar-refractivity contribution in [1.82, 2.24) is 5.32 Å². The zero-order valence-electron chi connectivity index (χ0n) is 18.1. The third-order valence-electron chi connectivity index (χ3n) is 5.97. The van der Waals surface area contributed by atoms with E-state index in [9.17, 15) is 18.0 Å². The Morgan fingerprint density at radius 2 is 1.76 bits per heavy atom. The zero-order valence-corrected chi connectivity index (χ0v) is 18.1. The highest BCUT2D eigenvalue weighted by Gasteiger charge is 2.31. The van der Waals surface area contributed by atoms with Gasteiger partial charge in [-0.2, -0.15) is 13.2 Å². The zero-order chi connectivity index (χ0) is 23.4. The van der Waals surface area contributed by atoms with E-state index in [1.165, 1.54) is 29.3 Å². The monoisotopic (exact) mass is 450 g/mol. The molecule has 1 amide bonds. The van der Waals surface area contributed by atoms with Gasteiger partial charge in [0.1, 0.15) is 0 Å². The third-order valence-corrected chi connectivity index (χ3v) is 5.97. The number of carbonyl (C=O) groups is 1. The number of amides is 1. The summed E-state index contributed by atoms with van der Waals surface area (Å²) in [4.78, 5) is 13.8. The Morgan fingerprint density at radius 3 is 2.42 bits per heavy atom. The largest absolute Gasteiger partial charge is 0.416 e. The number of nitrogens with zero attached hydrogens (tertiary/aromatic N) is 1. The number of anilines is 2. The number of rotatable bonds is 6. The van der Waals surface area contributed by atoms with Crippen LogP contribution in [-0.4, -0.2) is 19.0 Å². The van der Waals surface area contributed by atoms with E-state index < -0.39 is 11.7 Å². The van der Waals surface area contributed by atoms with Crippen LogP contribution in [0.2, 0.25) is 0 Å². The number of benzene rings is 3. The van der Waals surface area contributed by atoms with E-state index in [-0.39, 0.29) is 11.8 Å². The van der Waals surface area contributed by atoms with Crippen LogP contribution in [0.3, 0.4) is 0 Å². The highest BCUT2D eigenvalue weighted by Crippen LogP contribution is 2.39. The Bertz CT molecular complexity index is 1120. The molecular weight excluding hydrogens is 425 g/mol. The third kappa shape index (κ3) is 5.28. The molecule has 33 heavy (non-hydrogen) atoms. The van der Waals surface area contributed by atoms with Crippen molar-refractivity contribution in [1.29, 1.82) is 0 Å². The Labute approximate surface area is 191 Å². The van der Waals surface area contributed by atoms with Gasteiger partial charge in [0.25, 0.3) is 0 Å². The predicted molar refractivity (Wildman–Crippen MR) is 125 cm³/mol. The summed E-state index contributed by atoms with van der Waals surface area (Å²) in [6.45, 7) is 4.54. The highest BCUT2D eigenvalue weighted by molar-refractivity contribution is 5.86. The standard InChI is InChI=1S/C27H25F3N2O/c1-2-26(33)31-17-20-16-24-21(15-19-7-4-3-5-8-19)9-6-10-25(24)32(18-20)23-13-11-22(12-14-23)27(28,29)30/h2-14,20H,1,15-18H2,(H,31,33). The molecule has 0 aliphatic carbocycles. The highest BCUT2D eigenvalue weighted by atomic mass is 19.4. The van der Waals surface area contributed by atoms with Gasteiger partial charge in [-0.05, 0) is 71.9 Å². The smallest absolute Gasteiger partial charge is 0.352 e. The lowest BCUT2D eigenvalue weighted by Gasteiger charge is -2.37. The number of fused-ring (bicyclic) bond motifs is 1. The number of nitrogens with one attached hydrogen (secondary N) is 1. The molecule has 1 unspecified atom stereocenters. The second kappa shape index (κ2) is 9.53. The predicted octanol–water partition coefficient (Wildman–Crippen LogP) is 5.91. The lowest BCUT2D eigenvalue weighted by atomic mass is 9.86. The molecule has 1 heterocycles. The molecule has 1 aliphatic heterocycles. The maximum Gasteiger partial charge on any atom is 0.416 e. The first kappa shape index (κ1) is 22.6. The van der Waals surface area contributed by atoms with Gasteiger partial charge < -0.3 is 10.2 Å². The number of hydrogen-bond acceptors (Lipinski definition) is 2. The number of carbonyl (C=O) groups excluding carboxylic acids is 1. The summed E-state index contributed by atoms with van der Waals surface area (Å²) in [5, 5.41) is 2.87. The molecule has 0 radical (unpaired) electrons. The first-order valence-corrected chi connectivity index (χ1v) is 10.8. The normalized spacial score (nSPS) is 15.6. The molecule has 6 heteroatoms. The van der Waals surface area contributed by atoms with E-state index >= 15 is 0 Å². The molecule has 0 aromatic heterocycles. The summed E-state index contributed by atoms with van der Waals surface area (Å²) in [6, 6.07) is 21.5. The van der Waals surface area contributed by atoms with Crippen LogP contribution in [0.1, 0.15) is 22.3 Å². The van der Waals surface area contributed by atoms with Crippen LogP contribution in [-0.2, 0) is 23.8 Å². The lowest BCUT2D eigenvalue weighted by molar-refractivity contribution is -0.137. The second-order valence-electron chi connectivity index (χ2n) is 8.25. The van der Waals surface area contributed by atoms with E-state index in [2.05, 4.69) is 35.0 Å². The number of alkyl halides is 3. The van der Waals surface area contributed by atoms with Crippen molar-refractivity contribution in [3.05, 3.63) is 108 Å². The quantitative estimate of drug-likeness (QED) is 0.474. The minimum atomic E-state index is -4.38. The molecule has 1 N–H and O–H groups in total. The molecule has 1 atom stereocenters. The van der Waals surface area contributed by atoms with Gasteiger partial charge in [-0.1, -0.05) is 49.0 Å². The number of halogens is 3. The van der Waals surface area contributed by atoms with Crippen LogP contribution in [0, 0.1) is 5.92 Å². The fourth-order valence-electron chi connectivity index (χ4n) is 4.33. The average molecular weight is 451 g/mol. The molecule has 0 saturated carbocycles. The summed E-state index contributed by atoms with van der Waals surface area (Å²) in [6.07, 6.45) is -1.60. The maximum atomic E-state index is 13.1. The van der Waals surface area contributed by atoms with Crippen molar-refractivity contribution >= 4 is 17.3 Å². The molecule has 0 bridgehead atoms. The molecule has 0 fully saturated rings. The van der Waals surface area contributed by atoms with Crippen LogP contribution >= 0.6 is 0 Å². The van der Waals surface area contributed by atoms with Crippen molar-refractivity contribution < 1.29 is 18.0 Å². The summed E-state index contributed by atoms with van der Waals surface area (Å²) in [7, 11) is 0. The topological polar surface area (TPSA) is 32.3 Å². The van der Waals surface area contributed by atoms with Gasteiger partial charge in [-0.3, -0.25) is 4.79 Å². The van der Waals surface area contributed by atoms with Gasteiger partial charge in [0.2, 0.25) is 5.91 Å². The van der Waals surface area contributed by atoms with Crippen LogP contribution < -0.4 is 10.2 Å². The fourth-order valence-corrected chi connectivity index (χ4v) is 4.33. The summed E-state index contributed by atoms with van der Waals surface area (Å²) in [5.41, 5.74) is 4.54. The first-order chi connectivity index (χ1) is 15.8. The van der Waals surface area contributed by atoms with Gasteiger partial charge in [0.05, 0.1) is 5.56 Å². The van der Waals surface area contributed by atoms with E-state index in [1.54, 1.807) is 0 Å². The molecule has 1 aliphatic rings. The van der Waals surface area contributed by atoms with Gasteiger partial charge >= 0.3 is 6.18 Å². The molecule has 0 saturated heterocycles. The molecule has 3 aromatic rings. The van der Waals surface area contributed by atoms with E-state index in [1.807, 2.05) is 30.3 Å². The summed E-state index contributed by atoms with van der Waals surface area (Å²) >= 11 is 0. The molecule has 4 rings (SSSR count). The van der Waals surface area contributed by atoms with Crippen LogP contribution in [0.15, 0.2) is 85.5 Å². The van der Waals surface area contributed by atoms with Gasteiger partial charge in [0, 0.05) is 24.5 Å². The van der Waals surface area contributed by atoms with E-state index in [4.69, 9.17) is 0 Å². The van der Waals surface area contributed by atoms with Crippen molar-refractivity contribution in [3.63, 3.8) is 0 Å². The van der Waals surface area contributed by atoms with Gasteiger partial charge in [-0.25, -0.2) is 0 Å². The fraction of sp³-hybridized carbons (Fsp3) is 0.222. The Hall–Kier alpha value is -3.54. The second-order valence-corrected chi connectivity index (χ2v) is 8.25. The van der Waals surface area contributed by atoms with Crippen molar-refractivity contribution in [2.75, 3.05) is 18.0 Å². The van der Waals surface area contributed by atoms with Crippen LogP contribution in [0.4, 0.5) is 24.5 Å². The summed E-state index contributed by atoms with van der Waals surface area (Å²) in [5.74, 6) is -0.139.